The molecule has 0 spiro atoms. The predicted octanol–water partition coefficient (Wildman–Crippen LogP) is 2.79. The van der Waals surface area contributed by atoms with E-state index < -0.39 is 0 Å². The lowest BCUT2D eigenvalue weighted by molar-refractivity contribution is 0.199. The Morgan fingerprint density at radius 3 is 2.88 bits per heavy atom. The summed E-state index contributed by atoms with van der Waals surface area (Å²) < 4.78 is 0. The van der Waals surface area contributed by atoms with E-state index in [9.17, 15) is 0 Å². The number of rotatable bonds is 2. The third-order valence-electron chi connectivity index (χ3n) is 2.84. The molecule has 0 saturated carbocycles. The molecule has 1 fully saturated rings. The first-order valence-corrected chi connectivity index (χ1v) is 6.30. The van der Waals surface area contributed by atoms with Crippen molar-refractivity contribution in [1.82, 2.24) is 10.2 Å². The maximum atomic E-state index is 6.00. The molecule has 1 atom stereocenters. The minimum atomic E-state index is 0.566. The molecule has 0 unspecified atom stereocenters. The molecular weight excluding hydrogens is 243 g/mol. The fraction of sp³-hybridized carbons (Fsp3) is 0.500. The van der Waals surface area contributed by atoms with Gasteiger partial charge in [-0.1, -0.05) is 29.3 Å². The smallest absolute Gasteiger partial charge is 0.0595 e. The number of nitrogens with zero attached hydrogens (tertiary/aromatic N) is 1. The zero-order valence-corrected chi connectivity index (χ0v) is 10.9. The predicted molar refractivity (Wildman–Crippen MR) is 69.2 cm³/mol. The van der Waals surface area contributed by atoms with Crippen LogP contribution in [0.15, 0.2) is 18.2 Å². The number of halogens is 2. The van der Waals surface area contributed by atoms with Gasteiger partial charge < -0.3 is 5.32 Å². The molecule has 1 aliphatic rings. The van der Waals surface area contributed by atoms with Crippen LogP contribution in [0, 0.1) is 0 Å². The molecule has 2 nitrogen and oxygen atoms in total. The van der Waals surface area contributed by atoms with Crippen molar-refractivity contribution in [1.29, 1.82) is 0 Å². The maximum absolute atomic E-state index is 6.00. The Morgan fingerprint density at radius 2 is 2.19 bits per heavy atom. The van der Waals surface area contributed by atoms with E-state index in [1.54, 1.807) is 0 Å². The third-order valence-corrected chi connectivity index (χ3v) is 3.58. The molecule has 1 N–H and O–H groups in total. The van der Waals surface area contributed by atoms with Gasteiger partial charge in [-0.3, -0.25) is 4.90 Å². The van der Waals surface area contributed by atoms with E-state index in [2.05, 4.69) is 17.1 Å². The van der Waals surface area contributed by atoms with Gasteiger partial charge in [-0.15, -0.1) is 0 Å². The van der Waals surface area contributed by atoms with Gasteiger partial charge in [0.1, 0.15) is 0 Å². The molecule has 2 rings (SSSR count). The van der Waals surface area contributed by atoms with Crippen LogP contribution in [0.4, 0.5) is 0 Å². The summed E-state index contributed by atoms with van der Waals surface area (Å²) in [4.78, 5) is 2.43. The van der Waals surface area contributed by atoms with Crippen LogP contribution in [0.2, 0.25) is 10.0 Å². The van der Waals surface area contributed by atoms with Crippen molar-refractivity contribution in [3.05, 3.63) is 33.8 Å². The van der Waals surface area contributed by atoms with Gasteiger partial charge in [0, 0.05) is 32.2 Å². The fourth-order valence-electron chi connectivity index (χ4n) is 2.05. The van der Waals surface area contributed by atoms with Gasteiger partial charge in [0.2, 0.25) is 0 Å². The Bertz CT molecular complexity index is 368. The van der Waals surface area contributed by atoms with Crippen LogP contribution < -0.4 is 5.32 Å². The van der Waals surface area contributed by atoms with Crippen LogP contribution in [0.5, 0.6) is 0 Å². The van der Waals surface area contributed by atoms with E-state index in [0.717, 1.165) is 26.2 Å². The highest BCUT2D eigenvalue weighted by molar-refractivity contribution is 6.42. The summed E-state index contributed by atoms with van der Waals surface area (Å²) in [5, 5.41) is 4.69. The average molecular weight is 259 g/mol. The summed E-state index contributed by atoms with van der Waals surface area (Å²) in [5.74, 6) is 0. The molecule has 16 heavy (non-hydrogen) atoms. The van der Waals surface area contributed by atoms with E-state index in [1.807, 2.05) is 18.2 Å². The van der Waals surface area contributed by atoms with Crippen molar-refractivity contribution in [2.75, 3.05) is 19.6 Å². The molecule has 0 bridgehead atoms. The first-order valence-electron chi connectivity index (χ1n) is 5.55. The number of hydrogen-bond acceptors (Lipinski definition) is 2. The second-order valence-electron chi connectivity index (χ2n) is 4.34. The quantitative estimate of drug-likeness (QED) is 0.878. The Morgan fingerprint density at radius 1 is 1.38 bits per heavy atom. The lowest BCUT2D eigenvalue weighted by Crippen LogP contribution is -2.48. The van der Waals surface area contributed by atoms with Crippen molar-refractivity contribution in [3.63, 3.8) is 0 Å². The highest BCUT2D eigenvalue weighted by Crippen LogP contribution is 2.23. The topological polar surface area (TPSA) is 15.3 Å². The third kappa shape index (κ3) is 3.11. The summed E-state index contributed by atoms with van der Waals surface area (Å²) in [5.41, 5.74) is 1.23. The normalized spacial score (nSPS) is 22.3. The van der Waals surface area contributed by atoms with E-state index >= 15 is 0 Å². The second-order valence-corrected chi connectivity index (χ2v) is 5.15. The monoisotopic (exact) mass is 258 g/mol. The van der Waals surface area contributed by atoms with Gasteiger partial charge in [-0.2, -0.15) is 0 Å². The number of hydrogen-bond donors (Lipinski definition) is 1. The summed E-state index contributed by atoms with van der Waals surface area (Å²) in [7, 11) is 0. The number of benzene rings is 1. The second kappa shape index (κ2) is 5.37. The summed E-state index contributed by atoms with van der Waals surface area (Å²) in [6, 6.07) is 6.43. The van der Waals surface area contributed by atoms with Crippen LogP contribution in [0.25, 0.3) is 0 Å². The van der Waals surface area contributed by atoms with E-state index in [4.69, 9.17) is 23.2 Å². The number of piperazine rings is 1. The van der Waals surface area contributed by atoms with Gasteiger partial charge >= 0.3 is 0 Å². The largest absolute Gasteiger partial charge is 0.312 e. The van der Waals surface area contributed by atoms with Gasteiger partial charge in [0.15, 0.2) is 0 Å². The average Bonchev–Trinajstić information content (AvgIpc) is 2.24. The Kier molecular flexibility index (Phi) is 4.09. The highest BCUT2D eigenvalue weighted by Gasteiger charge is 2.15. The standard InChI is InChI=1S/C12H16Cl2N2/c1-9-7-16(5-4-15-9)8-10-2-3-11(13)12(14)6-10/h2-3,6,9,15H,4-5,7-8H2,1H3/t9-/m1/s1. The number of nitrogens with one attached hydrogen (secondary N) is 1. The SMILES string of the molecule is C[C@@H]1CN(Cc2ccc(Cl)c(Cl)c2)CCN1. The highest BCUT2D eigenvalue weighted by atomic mass is 35.5. The molecule has 1 aromatic carbocycles. The van der Waals surface area contributed by atoms with Crippen LogP contribution in [0.3, 0.4) is 0 Å². The fourth-order valence-corrected chi connectivity index (χ4v) is 2.37. The van der Waals surface area contributed by atoms with Crippen LogP contribution in [-0.4, -0.2) is 30.6 Å². The Balaban J connectivity index is 2.00. The van der Waals surface area contributed by atoms with Gasteiger partial charge in [0.05, 0.1) is 10.0 Å². The first kappa shape index (κ1) is 12.2. The zero-order valence-electron chi connectivity index (χ0n) is 9.34. The lowest BCUT2D eigenvalue weighted by atomic mass is 10.1. The molecule has 4 heteroatoms. The van der Waals surface area contributed by atoms with Crippen LogP contribution in [-0.2, 0) is 6.54 Å². The van der Waals surface area contributed by atoms with Crippen molar-refractivity contribution in [3.8, 4) is 0 Å². The lowest BCUT2D eigenvalue weighted by Gasteiger charge is -2.31. The minimum absolute atomic E-state index is 0.566. The summed E-state index contributed by atoms with van der Waals surface area (Å²) in [6.45, 7) is 6.39. The Labute approximate surface area is 107 Å². The van der Waals surface area contributed by atoms with Crippen molar-refractivity contribution in [2.45, 2.75) is 19.5 Å². The Hall–Kier alpha value is -0.280. The summed E-state index contributed by atoms with van der Waals surface area (Å²) in [6.07, 6.45) is 0. The zero-order chi connectivity index (χ0) is 11.5. The van der Waals surface area contributed by atoms with E-state index in [1.165, 1.54) is 5.56 Å². The van der Waals surface area contributed by atoms with Crippen molar-refractivity contribution in [2.24, 2.45) is 0 Å². The molecule has 1 aromatic rings. The minimum Gasteiger partial charge on any atom is -0.312 e. The molecule has 0 radical (unpaired) electrons. The first-order chi connectivity index (χ1) is 7.65. The van der Waals surface area contributed by atoms with Crippen molar-refractivity contribution < 1.29 is 0 Å². The van der Waals surface area contributed by atoms with Gasteiger partial charge in [-0.25, -0.2) is 0 Å². The molecule has 1 saturated heterocycles. The van der Waals surface area contributed by atoms with Gasteiger partial charge in [0.25, 0.3) is 0 Å². The van der Waals surface area contributed by atoms with Crippen molar-refractivity contribution >= 4 is 23.2 Å². The molecule has 1 aliphatic heterocycles. The van der Waals surface area contributed by atoms with Gasteiger partial charge in [-0.05, 0) is 24.6 Å². The molecule has 88 valence electrons. The molecule has 0 aromatic heterocycles. The van der Waals surface area contributed by atoms with Crippen LogP contribution >= 0.6 is 23.2 Å². The summed E-state index contributed by atoms with van der Waals surface area (Å²) >= 11 is 11.9. The molecule has 0 aliphatic carbocycles. The molecular formula is C12H16Cl2N2. The van der Waals surface area contributed by atoms with Crippen LogP contribution in [0.1, 0.15) is 12.5 Å². The van der Waals surface area contributed by atoms with E-state index in [0.29, 0.717) is 16.1 Å². The molecule has 1 heterocycles. The maximum Gasteiger partial charge on any atom is 0.0595 e. The molecule has 0 amide bonds. The van der Waals surface area contributed by atoms with E-state index in [-0.39, 0.29) is 0 Å².